The summed E-state index contributed by atoms with van der Waals surface area (Å²) < 4.78 is 30.0. The second kappa shape index (κ2) is 5.24. The maximum atomic E-state index is 10.7. The van der Waals surface area contributed by atoms with Crippen LogP contribution in [0.2, 0.25) is 5.02 Å². The summed E-state index contributed by atoms with van der Waals surface area (Å²) in [7, 11) is -4.53. The van der Waals surface area contributed by atoms with Crippen molar-refractivity contribution < 1.29 is 47.5 Å². The molecule has 1 aromatic rings. The van der Waals surface area contributed by atoms with Crippen molar-refractivity contribution in [1.82, 2.24) is 0 Å². The topological polar surface area (TPSA) is 97.5 Å². The fraction of sp³-hybridized carbons (Fsp3) is 0. The Morgan fingerprint density at radius 1 is 1.40 bits per heavy atom. The third kappa shape index (κ3) is 3.71. The normalized spacial score (nSPS) is 10.5. The number of benzene rings is 1. The van der Waals surface area contributed by atoms with Gasteiger partial charge in [-0.15, -0.1) is 0 Å². The van der Waals surface area contributed by atoms with E-state index in [9.17, 15) is 18.5 Å². The molecule has 1 N–H and O–H groups in total. The van der Waals surface area contributed by atoms with E-state index in [1.54, 1.807) is 0 Å². The number of hydrogen-bond acceptors (Lipinski definition) is 4. The van der Waals surface area contributed by atoms with Crippen LogP contribution in [-0.4, -0.2) is 17.9 Å². The molecule has 0 aliphatic heterocycles. The minimum atomic E-state index is -4.53. The number of nitro benzene ring substituents is 1. The van der Waals surface area contributed by atoms with Crippen LogP contribution in [0.1, 0.15) is 0 Å². The third-order valence-corrected chi connectivity index (χ3v) is 2.74. The average molecular weight is 261 g/mol. The molecule has 0 spiro atoms. The van der Waals surface area contributed by atoms with Crippen LogP contribution in [0.15, 0.2) is 23.1 Å². The van der Waals surface area contributed by atoms with Crippen molar-refractivity contribution in [3.05, 3.63) is 33.3 Å². The van der Waals surface area contributed by atoms with Crippen molar-refractivity contribution in [2.24, 2.45) is 0 Å². The Labute approximate surface area is 112 Å². The van der Waals surface area contributed by atoms with E-state index in [0.717, 1.165) is 12.1 Å². The van der Waals surface area contributed by atoms with E-state index in [2.05, 4.69) is 0 Å². The van der Waals surface area contributed by atoms with Crippen molar-refractivity contribution in [2.75, 3.05) is 0 Å². The van der Waals surface area contributed by atoms with Gasteiger partial charge in [-0.25, -0.2) is 0 Å². The molecule has 0 aliphatic carbocycles. The van der Waals surface area contributed by atoms with Gasteiger partial charge in [0, 0.05) is 12.1 Å². The van der Waals surface area contributed by atoms with Crippen molar-refractivity contribution in [2.45, 2.75) is 4.90 Å². The molecule has 0 amide bonds. The zero-order valence-corrected chi connectivity index (χ0v) is 11.1. The van der Waals surface area contributed by atoms with Gasteiger partial charge in [0.05, 0.1) is 9.95 Å². The maximum Gasteiger partial charge on any atom is 1.00 e. The summed E-state index contributed by atoms with van der Waals surface area (Å²) in [5, 5.41) is 10.0. The van der Waals surface area contributed by atoms with Crippen molar-refractivity contribution >= 4 is 27.4 Å². The number of nitrogens with zero attached hydrogens (tertiary/aromatic N) is 1. The van der Waals surface area contributed by atoms with E-state index in [0.29, 0.717) is 6.07 Å². The summed E-state index contributed by atoms with van der Waals surface area (Å²) in [4.78, 5) is 8.82. The third-order valence-electron chi connectivity index (χ3n) is 1.40. The van der Waals surface area contributed by atoms with Gasteiger partial charge < -0.3 is 0 Å². The Bertz CT molecular complexity index is 488. The van der Waals surface area contributed by atoms with Crippen LogP contribution < -0.4 is 29.6 Å². The van der Waals surface area contributed by atoms with Crippen molar-refractivity contribution in [3.8, 4) is 0 Å². The molecular formula is C6H4ClNNaO5S+. The zero-order chi connectivity index (χ0) is 10.9. The number of rotatable bonds is 2. The summed E-state index contributed by atoms with van der Waals surface area (Å²) >= 11 is 5.42. The fourth-order valence-corrected chi connectivity index (χ4v) is 1.80. The van der Waals surface area contributed by atoms with Gasteiger partial charge >= 0.3 is 29.6 Å². The standard InChI is InChI=1S/C6H4ClNO5S.Na/c7-5-2-1-4(8(9)10)3-6(5)14(11,12)13;/h1-3H,(H,11,12,13);/q;+1. The molecule has 1 rings (SSSR count). The van der Waals surface area contributed by atoms with Gasteiger partial charge in [0.15, 0.2) is 0 Å². The second-order valence-electron chi connectivity index (χ2n) is 2.35. The molecule has 0 saturated carbocycles. The molecule has 9 heteroatoms. The van der Waals surface area contributed by atoms with E-state index >= 15 is 0 Å². The van der Waals surface area contributed by atoms with Crippen LogP contribution in [0.25, 0.3) is 0 Å². The SMILES string of the molecule is O=[N+]([O-])c1ccc(Cl)c(S(=O)(=O)O)c1.[Na+]. The van der Waals surface area contributed by atoms with Crippen molar-refractivity contribution in [3.63, 3.8) is 0 Å². The Hall–Kier alpha value is -0.180. The Morgan fingerprint density at radius 3 is 2.33 bits per heavy atom. The molecule has 0 aromatic heterocycles. The van der Waals surface area contributed by atoms with Crippen LogP contribution >= 0.6 is 11.6 Å². The molecule has 0 saturated heterocycles. The van der Waals surface area contributed by atoms with Crippen LogP contribution in [0, 0.1) is 10.1 Å². The van der Waals surface area contributed by atoms with E-state index < -0.39 is 25.6 Å². The maximum absolute atomic E-state index is 10.7. The summed E-state index contributed by atoms with van der Waals surface area (Å²) in [6.07, 6.45) is 0. The molecule has 15 heavy (non-hydrogen) atoms. The molecule has 0 unspecified atom stereocenters. The molecule has 0 fully saturated rings. The molecule has 1 aromatic carbocycles. The molecule has 0 aliphatic rings. The second-order valence-corrected chi connectivity index (χ2v) is 4.14. The fourth-order valence-electron chi connectivity index (χ4n) is 0.803. The number of nitro groups is 1. The first kappa shape index (κ1) is 14.8. The summed E-state index contributed by atoms with van der Waals surface area (Å²) in [5.41, 5.74) is -0.456. The van der Waals surface area contributed by atoms with Gasteiger partial charge in [0.25, 0.3) is 15.8 Å². The van der Waals surface area contributed by atoms with Gasteiger partial charge in [-0.3, -0.25) is 14.7 Å². The first-order valence-corrected chi connectivity index (χ1v) is 5.05. The quantitative estimate of drug-likeness (QED) is 0.302. The van der Waals surface area contributed by atoms with Gasteiger partial charge in [0.2, 0.25) is 0 Å². The Balaban J connectivity index is 0.00000196. The summed E-state index contributed by atoms with van der Waals surface area (Å²) in [5.74, 6) is 0. The monoisotopic (exact) mass is 260 g/mol. The minimum absolute atomic E-state index is 0. The first-order chi connectivity index (χ1) is 6.32. The first-order valence-electron chi connectivity index (χ1n) is 3.24. The Morgan fingerprint density at radius 2 is 1.93 bits per heavy atom. The molecular weight excluding hydrogens is 257 g/mol. The zero-order valence-electron chi connectivity index (χ0n) is 7.55. The molecule has 0 atom stereocenters. The number of non-ortho nitro benzene ring substituents is 1. The van der Waals surface area contributed by atoms with Crippen LogP contribution in [0.5, 0.6) is 0 Å². The van der Waals surface area contributed by atoms with Gasteiger partial charge in [0.1, 0.15) is 4.90 Å². The largest absolute Gasteiger partial charge is 1.00 e. The average Bonchev–Trinajstić information content (AvgIpc) is 2.02. The number of hydrogen-bond donors (Lipinski definition) is 1. The van der Waals surface area contributed by atoms with Crippen LogP contribution in [0.4, 0.5) is 5.69 Å². The minimum Gasteiger partial charge on any atom is -0.282 e. The number of halogens is 1. The molecule has 6 nitrogen and oxygen atoms in total. The smallest absolute Gasteiger partial charge is 0.282 e. The van der Waals surface area contributed by atoms with E-state index in [4.69, 9.17) is 16.2 Å². The van der Waals surface area contributed by atoms with E-state index in [-0.39, 0.29) is 34.6 Å². The molecule has 76 valence electrons. The van der Waals surface area contributed by atoms with E-state index in [1.807, 2.05) is 0 Å². The van der Waals surface area contributed by atoms with Crippen LogP contribution in [-0.2, 0) is 10.1 Å². The molecule has 0 radical (unpaired) electrons. The predicted molar refractivity (Wildman–Crippen MR) is 47.9 cm³/mol. The predicted octanol–water partition coefficient (Wildman–Crippen LogP) is -1.50. The van der Waals surface area contributed by atoms with Crippen LogP contribution in [0.3, 0.4) is 0 Å². The summed E-state index contributed by atoms with van der Waals surface area (Å²) in [6.45, 7) is 0. The van der Waals surface area contributed by atoms with Gasteiger partial charge in [-0.1, -0.05) is 11.6 Å². The molecule has 0 bridgehead atoms. The van der Waals surface area contributed by atoms with Gasteiger partial charge in [-0.05, 0) is 6.07 Å². The van der Waals surface area contributed by atoms with Gasteiger partial charge in [-0.2, -0.15) is 8.42 Å². The van der Waals surface area contributed by atoms with E-state index in [1.165, 1.54) is 0 Å². The molecule has 0 heterocycles. The Kier molecular flexibility index (Phi) is 5.18. The van der Waals surface area contributed by atoms with Crippen molar-refractivity contribution in [1.29, 1.82) is 0 Å². The summed E-state index contributed by atoms with van der Waals surface area (Å²) in [6, 6.07) is 2.76.